The number of benzene rings is 2. The number of aliphatic imine (C=N–C) groups is 1. The highest BCUT2D eigenvalue weighted by molar-refractivity contribution is 6.31. The molecule has 6 heteroatoms. The van der Waals surface area contributed by atoms with E-state index in [1.54, 1.807) is 18.3 Å². The summed E-state index contributed by atoms with van der Waals surface area (Å²) in [6.45, 7) is 2.93. The molecule has 0 bridgehead atoms. The highest BCUT2D eigenvalue weighted by atomic mass is 19.1. The second-order valence-corrected chi connectivity index (χ2v) is 6.87. The van der Waals surface area contributed by atoms with Gasteiger partial charge in [0.05, 0.1) is 12.3 Å². The van der Waals surface area contributed by atoms with Gasteiger partial charge >= 0.3 is 0 Å². The molecule has 3 N–H and O–H groups in total. The number of phenols is 1. The van der Waals surface area contributed by atoms with E-state index in [1.165, 1.54) is 17.7 Å². The molecule has 1 heterocycles. The summed E-state index contributed by atoms with van der Waals surface area (Å²) >= 11 is 0. The van der Waals surface area contributed by atoms with Crippen LogP contribution >= 0.6 is 0 Å². The van der Waals surface area contributed by atoms with Gasteiger partial charge < -0.3 is 10.9 Å². The minimum absolute atomic E-state index is 0.259. The van der Waals surface area contributed by atoms with Crippen LogP contribution in [0.5, 0.6) is 5.75 Å². The zero-order chi connectivity index (χ0) is 19.1. The standard InChI is InChI=1S/C21H25FN4O/c22-19-5-1-3-16(11-19)13-24-14-20(25-23)15-26-9-7-17(8-10-26)18-4-2-6-21(27)12-18/h1-6,11-12,14,17,27H,7-10,13,15,23H2. The number of hydrazone groups is 1. The Morgan fingerprint density at radius 2 is 1.96 bits per heavy atom. The van der Waals surface area contributed by atoms with Gasteiger partial charge in [-0.25, -0.2) is 4.39 Å². The lowest BCUT2D eigenvalue weighted by atomic mass is 9.89. The molecule has 0 atom stereocenters. The molecule has 0 aromatic heterocycles. The molecule has 0 amide bonds. The van der Waals surface area contributed by atoms with Crippen LogP contribution in [0.25, 0.3) is 0 Å². The molecule has 0 unspecified atom stereocenters. The third kappa shape index (κ3) is 5.62. The quantitative estimate of drug-likeness (QED) is 0.467. The molecule has 1 aliphatic heterocycles. The first-order chi connectivity index (χ1) is 13.1. The largest absolute Gasteiger partial charge is 0.508 e. The predicted molar refractivity (Wildman–Crippen MR) is 107 cm³/mol. The Bertz CT molecular complexity index is 813. The molecule has 2 aromatic rings. The zero-order valence-corrected chi connectivity index (χ0v) is 15.3. The highest BCUT2D eigenvalue weighted by Crippen LogP contribution is 2.29. The van der Waals surface area contributed by atoms with Gasteiger partial charge in [-0.05, 0) is 67.2 Å². The van der Waals surface area contributed by atoms with Crippen molar-refractivity contribution in [1.29, 1.82) is 0 Å². The van der Waals surface area contributed by atoms with Crippen molar-refractivity contribution in [3.05, 3.63) is 65.5 Å². The topological polar surface area (TPSA) is 74.2 Å². The lowest BCUT2D eigenvalue weighted by molar-refractivity contribution is 0.239. The van der Waals surface area contributed by atoms with Crippen molar-refractivity contribution in [1.82, 2.24) is 4.90 Å². The van der Waals surface area contributed by atoms with E-state index in [2.05, 4.69) is 21.1 Å². The lowest BCUT2D eigenvalue weighted by Crippen LogP contribution is -2.37. The van der Waals surface area contributed by atoms with Gasteiger partial charge in [0.25, 0.3) is 0 Å². The Labute approximate surface area is 159 Å². The fourth-order valence-electron chi connectivity index (χ4n) is 3.44. The summed E-state index contributed by atoms with van der Waals surface area (Å²) in [4.78, 5) is 6.64. The van der Waals surface area contributed by atoms with Gasteiger partial charge in [0.2, 0.25) is 0 Å². The number of nitrogens with two attached hydrogens (primary N) is 1. The maximum atomic E-state index is 13.2. The molecular weight excluding hydrogens is 343 g/mol. The van der Waals surface area contributed by atoms with E-state index < -0.39 is 0 Å². The molecule has 1 fully saturated rings. The van der Waals surface area contributed by atoms with Gasteiger partial charge in [0, 0.05) is 12.8 Å². The van der Waals surface area contributed by atoms with Crippen LogP contribution in [-0.2, 0) is 6.54 Å². The summed E-state index contributed by atoms with van der Waals surface area (Å²) in [5.74, 6) is 6.04. The van der Waals surface area contributed by atoms with Gasteiger partial charge in [-0.2, -0.15) is 5.10 Å². The molecule has 2 aromatic carbocycles. The van der Waals surface area contributed by atoms with Crippen molar-refractivity contribution in [2.24, 2.45) is 15.9 Å². The first kappa shape index (κ1) is 19.0. The number of phenolic OH excluding ortho intramolecular Hbond substituents is 1. The molecule has 3 rings (SSSR count). The second kappa shape index (κ2) is 9.28. The van der Waals surface area contributed by atoms with Gasteiger partial charge in [0.1, 0.15) is 11.6 Å². The number of halogens is 1. The van der Waals surface area contributed by atoms with E-state index >= 15 is 0 Å². The number of piperidine rings is 1. The summed E-state index contributed by atoms with van der Waals surface area (Å²) in [5, 5.41) is 13.5. The van der Waals surface area contributed by atoms with Crippen molar-refractivity contribution in [2.45, 2.75) is 25.3 Å². The van der Waals surface area contributed by atoms with E-state index in [0.29, 0.717) is 30.5 Å². The molecule has 27 heavy (non-hydrogen) atoms. The van der Waals surface area contributed by atoms with Gasteiger partial charge in [-0.3, -0.25) is 9.89 Å². The van der Waals surface area contributed by atoms with Crippen LogP contribution in [0.2, 0.25) is 0 Å². The second-order valence-electron chi connectivity index (χ2n) is 6.87. The Balaban J connectivity index is 1.49. The third-order valence-corrected chi connectivity index (χ3v) is 4.88. The van der Waals surface area contributed by atoms with Crippen molar-refractivity contribution >= 4 is 11.9 Å². The molecule has 0 radical (unpaired) electrons. The number of hydrogen-bond donors (Lipinski definition) is 2. The summed E-state index contributed by atoms with van der Waals surface area (Å²) in [5.41, 5.74) is 2.72. The molecule has 0 spiro atoms. The van der Waals surface area contributed by atoms with Crippen LogP contribution in [0.3, 0.4) is 0 Å². The van der Waals surface area contributed by atoms with E-state index in [-0.39, 0.29) is 5.82 Å². The van der Waals surface area contributed by atoms with Crippen molar-refractivity contribution in [2.75, 3.05) is 19.6 Å². The van der Waals surface area contributed by atoms with E-state index in [9.17, 15) is 9.50 Å². The van der Waals surface area contributed by atoms with Crippen molar-refractivity contribution in [3.8, 4) is 5.75 Å². The van der Waals surface area contributed by atoms with Crippen molar-refractivity contribution in [3.63, 3.8) is 0 Å². The van der Waals surface area contributed by atoms with Crippen LogP contribution in [0.1, 0.15) is 29.9 Å². The summed E-state index contributed by atoms with van der Waals surface area (Å²) < 4.78 is 13.2. The number of rotatable bonds is 6. The molecule has 5 nitrogen and oxygen atoms in total. The van der Waals surface area contributed by atoms with Gasteiger partial charge in [-0.1, -0.05) is 24.3 Å². The molecule has 0 aliphatic carbocycles. The van der Waals surface area contributed by atoms with Gasteiger partial charge in [0.15, 0.2) is 0 Å². The normalized spacial score (nSPS) is 16.9. The Morgan fingerprint density at radius 1 is 1.19 bits per heavy atom. The van der Waals surface area contributed by atoms with E-state index in [0.717, 1.165) is 31.5 Å². The Morgan fingerprint density at radius 3 is 2.67 bits per heavy atom. The van der Waals surface area contributed by atoms with E-state index in [4.69, 9.17) is 5.84 Å². The fourth-order valence-corrected chi connectivity index (χ4v) is 3.44. The van der Waals surface area contributed by atoms with Crippen LogP contribution in [0.15, 0.2) is 58.6 Å². The maximum Gasteiger partial charge on any atom is 0.123 e. The van der Waals surface area contributed by atoms with Crippen LogP contribution in [0, 0.1) is 5.82 Å². The first-order valence-electron chi connectivity index (χ1n) is 9.16. The summed E-state index contributed by atoms with van der Waals surface area (Å²) in [6, 6.07) is 13.9. The smallest absolute Gasteiger partial charge is 0.123 e. The molecule has 142 valence electrons. The SMILES string of the molecule is NN=C(C=NCc1cccc(F)c1)CN1CCC(c2cccc(O)c2)CC1. The van der Waals surface area contributed by atoms with Crippen LogP contribution < -0.4 is 5.84 Å². The summed E-state index contributed by atoms with van der Waals surface area (Å²) in [7, 11) is 0. The minimum atomic E-state index is -0.259. The minimum Gasteiger partial charge on any atom is -0.508 e. The van der Waals surface area contributed by atoms with Gasteiger partial charge in [-0.15, -0.1) is 0 Å². The first-order valence-corrected chi connectivity index (χ1v) is 9.16. The highest BCUT2D eigenvalue weighted by Gasteiger charge is 2.21. The molecule has 0 saturated carbocycles. The molecule has 1 saturated heterocycles. The van der Waals surface area contributed by atoms with Crippen LogP contribution in [0.4, 0.5) is 4.39 Å². The number of aromatic hydroxyl groups is 1. The Kier molecular flexibility index (Phi) is 6.54. The average Bonchev–Trinajstić information content (AvgIpc) is 2.68. The maximum absolute atomic E-state index is 13.2. The molecular formula is C21H25FN4O. The lowest BCUT2D eigenvalue weighted by Gasteiger charge is -2.32. The summed E-state index contributed by atoms with van der Waals surface area (Å²) in [6.07, 6.45) is 3.73. The van der Waals surface area contributed by atoms with E-state index in [1.807, 2.05) is 18.2 Å². The number of hydrogen-bond acceptors (Lipinski definition) is 5. The molecule has 1 aliphatic rings. The predicted octanol–water partition coefficient (Wildman–Crippen LogP) is 3.30. The monoisotopic (exact) mass is 368 g/mol. The fraction of sp³-hybridized carbons (Fsp3) is 0.333. The number of nitrogens with zero attached hydrogens (tertiary/aromatic N) is 3. The number of likely N-dealkylation sites (tertiary alicyclic amines) is 1. The average molecular weight is 368 g/mol. The third-order valence-electron chi connectivity index (χ3n) is 4.88. The Hall–Kier alpha value is -2.73. The van der Waals surface area contributed by atoms with Crippen LogP contribution in [-0.4, -0.2) is 41.6 Å². The zero-order valence-electron chi connectivity index (χ0n) is 15.3. The van der Waals surface area contributed by atoms with Crippen molar-refractivity contribution < 1.29 is 9.50 Å².